The van der Waals surface area contributed by atoms with Gasteiger partial charge in [0, 0.05) is 5.56 Å². The minimum absolute atomic E-state index is 0.234. The maximum Gasteiger partial charge on any atom is 0.305 e. The summed E-state index contributed by atoms with van der Waals surface area (Å²) >= 11 is 1.02. The smallest absolute Gasteiger partial charge is 0.305 e. The van der Waals surface area contributed by atoms with Gasteiger partial charge in [-0.25, -0.2) is 4.99 Å². The molecule has 2 N–H and O–H groups in total. The number of amidine groups is 1. The van der Waals surface area contributed by atoms with Crippen molar-refractivity contribution in [1.29, 1.82) is 0 Å². The quantitative estimate of drug-likeness (QED) is 0.827. The van der Waals surface area contributed by atoms with E-state index in [9.17, 15) is 14.4 Å². The molecule has 1 saturated heterocycles. The third kappa shape index (κ3) is 4.53. The fourth-order valence-corrected chi connectivity index (χ4v) is 3.51. The molecular weight excluding hydrogens is 366 g/mol. The van der Waals surface area contributed by atoms with E-state index in [0.29, 0.717) is 11.3 Å². The van der Waals surface area contributed by atoms with Crippen LogP contribution in [0.25, 0.3) is 0 Å². The normalized spacial score (nSPS) is 18.0. The molecule has 1 aliphatic heterocycles. The van der Waals surface area contributed by atoms with E-state index in [1.807, 2.05) is 13.0 Å². The number of carboxylic acids is 1. The zero-order valence-electron chi connectivity index (χ0n) is 14.5. The summed E-state index contributed by atoms with van der Waals surface area (Å²) in [6, 6.07) is 15.8. The van der Waals surface area contributed by atoms with Crippen molar-refractivity contribution in [3.63, 3.8) is 0 Å². The molecule has 2 amide bonds. The van der Waals surface area contributed by atoms with Gasteiger partial charge in [-0.3, -0.25) is 19.8 Å². The molecule has 1 atom stereocenters. The molecule has 1 aliphatic rings. The van der Waals surface area contributed by atoms with Crippen molar-refractivity contribution < 1.29 is 19.5 Å². The number of carbonyl (C=O) groups is 3. The van der Waals surface area contributed by atoms with Gasteiger partial charge in [-0.05, 0) is 31.2 Å². The molecule has 0 spiro atoms. The summed E-state index contributed by atoms with van der Waals surface area (Å²) in [7, 11) is 0. The zero-order chi connectivity index (χ0) is 19.4. The first kappa shape index (κ1) is 18.7. The minimum Gasteiger partial charge on any atom is -0.481 e. The van der Waals surface area contributed by atoms with Crippen LogP contribution >= 0.6 is 11.8 Å². The summed E-state index contributed by atoms with van der Waals surface area (Å²) in [6.45, 7) is 1.91. The predicted molar refractivity (Wildman–Crippen MR) is 103 cm³/mol. The number of amides is 2. The Kier molecular flexibility index (Phi) is 5.56. The van der Waals surface area contributed by atoms with Crippen LogP contribution in [-0.4, -0.2) is 38.3 Å². The van der Waals surface area contributed by atoms with Gasteiger partial charge in [0.1, 0.15) is 5.25 Å². The lowest BCUT2D eigenvalue weighted by Crippen LogP contribution is -2.46. The Balaban J connectivity index is 1.86. The van der Waals surface area contributed by atoms with Gasteiger partial charge in [-0.2, -0.15) is 5.01 Å². The van der Waals surface area contributed by atoms with Gasteiger partial charge >= 0.3 is 5.97 Å². The Morgan fingerprint density at radius 1 is 1.15 bits per heavy atom. The van der Waals surface area contributed by atoms with Gasteiger partial charge < -0.3 is 5.11 Å². The second-order valence-corrected chi connectivity index (χ2v) is 7.08. The topological polar surface area (TPSA) is 99.1 Å². The van der Waals surface area contributed by atoms with Crippen LogP contribution in [0.1, 0.15) is 22.3 Å². The highest BCUT2D eigenvalue weighted by Gasteiger charge is 2.40. The number of thioether (sulfide) groups is 1. The van der Waals surface area contributed by atoms with Gasteiger partial charge in [0.2, 0.25) is 0 Å². The molecule has 1 unspecified atom stereocenters. The van der Waals surface area contributed by atoms with Crippen LogP contribution < -0.4 is 5.43 Å². The Morgan fingerprint density at radius 3 is 2.44 bits per heavy atom. The molecule has 0 saturated carbocycles. The number of carbonyl (C=O) groups excluding carboxylic acids is 2. The number of hydrogen-bond acceptors (Lipinski definition) is 5. The molecule has 7 nitrogen and oxygen atoms in total. The first-order chi connectivity index (χ1) is 12.9. The number of nitrogens with one attached hydrogen (secondary N) is 1. The van der Waals surface area contributed by atoms with Crippen LogP contribution in [0.5, 0.6) is 0 Å². The van der Waals surface area contributed by atoms with E-state index in [0.717, 1.165) is 22.3 Å². The van der Waals surface area contributed by atoms with E-state index < -0.39 is 23.0 Å². The average molecular weight is 383 g/mol. The van der Waals surface area contributed by atoms with Crippen molar-refractivity contribution >= 4 is 40.4 Å². The molecular formula is C19H17N3O4S. The summed E-state index contributed by atoms with van der Waals surface area (Å²) in [4.78, 5) is 40.5. The lowest BCUT2D eigenvalue weighted by Gasteiger charge is -2.17. The van der Waals surface area contributed by atoms with Gasteiger partial charge in [0.25, 0.3) is 11.8 Å². The van der Waals surface area contributed by atoms with Crippen molar-refractivity contribution in [3.8, 4) is 0 Å². The van der Waals surface area contributed by atoms with Gasteiger partial charge in [0.05, 0.1) is 12.1 Å². The molecule has 3 rings (SSSR count). The molecule has 0 aromatic heterocycles. The highest BCUT2D eigenvalue weighted by molar-refractivity contribution is 8.15. The van der Waals surface area contributed by atoms with Gasteiger partial charge in [0.15, 0.2) is 5.17 Å². The Hall–Kier alpha value is -3.13. The maximum absolute atomic E-state index is 12.6. The maximum atomic E-state index is 12.6. The predicted octanol–water partition coefficient (Wildman–Crippen LogP) is 2.75. The molecule has 1 heterocycles. The Labute approximate surface area is 160 Å². The van der Waals surface area contributed by atoms with E-state index in [2.05, 4.69) is 10.4 Å². The molecule has 2 aromatic rings. The van der Waals surface area contributed by atoms with Gasteiger partial charge in [-0.1, -0.05) is 47.7 Å². The monoisotopic (exact) mass is 383 g/mol. The summed E-state index contributed by atoms with van der Waals surface area (Å²) in [5, 5.41) is 9.45. The second kappa shape index (κ2) is 8.05. The van der Waals surface area contributed by atoms with Crippen molar-refractivity contribution in [1.82, 2.24) is 10.4 Å². The van der Waals surface area contributed by atoms with Crippen LogP contribution in [0.4, 0.5) is 5.69 Å². The third-order valence-corrected chi connectivity index (χ3v) is 4.94. The highest BCUT2D eigenvalue weighted by atomic mass is 32.2. The van der Waals surface area contributed by atoms with Crippen LogP contribution in [0.3, 0.4) is 0 Å². The lowest BCUT2D eigenvalue weighted by molar-refractivity contribution is -0.139. The summed E-state index contributed by atoms with van der Waals surface area (Å²) in [6.07, 6.45) is -0.353. The molecule has 138 valence electrons. The van der Waals surface area contributed by atoms with Gasteiger partial charge in [-0.15, -0.1) is 0 Å². The summed E-state index contributed by atoms with van der Waals surface area (Å²) < 4.78 is 0. The van der Waals surface area contributed by atoms with E-state index >= 15 is 0 Å². The molecule has 8 heteroatoms. The molecule has 0 bridgehead atoms. The fraction of sp³-hybridized carbons (Fsp3) is 0.158. The van der Waals surface area contributed by atoms with Crippen molar-refractivity contribution in [2.24, 2.45) is 4.99 Å². The summed E-state index contributed by atoms with van der Waals surface area (Å²) in [5.74, 6) is -2.08. The third-order valence-electron chi connectivity index (χ3n) is 3.80. The van der Waals surface area contributed by atoms with E-state index in [1.54, 1.807) is 48.5 Å². The van der Waals surface area contributed by atoms with Crippen molar-refractivity contribution in [2.75, 3.05) is 0 Å². The van der Waals surface area contributed by atoms with Crippen LogP contribution in [0, 0.1) is 6.92 Å². The summed E-state index contributed by atoms with van der Waals surface area (Å²) in [5.41, 5.74) is 4.53. The Bertz CT molecular complexity index is 897. The van der Waals surface area contributed by atoms with Crippen LogP contribution in [0.2, 0.25) is 0 Å². The fourth-order valence-electron chi connectivity index (χ4n) is 2.42. The standard InChI is InChI=1S/C19H17N3O4S/c1-12-7-9-13(10-8-12)17(25)21-22-18(26)15(11-16(23)24)27-19(22)20-14-5-3-2-4-6-14/h2-10,15H,11H2,1H3,(H,21,25)(H,23,24). The molecule has 2 aromatic carbocycles. The number of carboxylic acid groups (broad SMARTS) is 1. The minimum atomic E-state index is -1.09. The highest BCUT2D eigenvalue weighted by Crippen LogP contribution is 2.30. The van der Waals surface area contributed by atoms with E-state index in [-0.39, 0.29) is 11.6 Å². The van der Waals surface area contributed by atoms with Crippen molar-refractivity contribution in [2.45, 2.75) is 18.6 Å². The molecule has 0 aliphatic carbocycles. The lowest BCUT2D eigenvalue weighted by atomic mass is 10.1. The first-order valence-electron chi connectivity index (χ1n) is 8.18. The number of aryl methyl sites for hydroxylation is 1. The molecule has 1 fully saturated rings. The number of hydrogen-bond donors (Lipinski definition) is 2. The average Bonchev–Trinajstić information content (AvgIpc) is 2.91. The number of aliphatic carboxylic acids is 1. The Morgan fingerprint density at radius 2 is 1.81 bits per heavy atom. The second-order valence-electron chi connectivity index (χ2n) is 5.91. The number of aliphatic imine (C=N–C) groups is 1. The first-order valence-corrected chi connectivity index (χ1v) is 9.06. The number of nitrogens with zero attached hydrogens (tertiary/aromatic N) is 2. The van der Waals surface area contributed by atoms with Crippen molar-refractivity contribution in [3.05, 3.63) is 65.7 Å². The number of rotatable bonds is 5. The van der Waals surface area contributed by atoms with Crippen LogP contribution in [0.15, 0.2) is 59.6 Å². The van der Waals surface area contributed by atoms with Crippen LogP contribution in [-0.2, 0) is 9.59 Å². The largest absolute Gasteiger partial charge is 0.481 e. The zero-order valence-corrected chi connectivity index (χ0v) is 15.3. The van der Waals surface area contributed by atoms with E-state index in [1.165, 1.54) is 0 Å². The molecule has 0 radical (unpaired) electrons. The van der Waals surface area contributed by atoms with E-state index in [4.69, 9.17) is 5.11 Å². The SMILES string of the molecule is Cc1ccc(C(=O)NN2C(=O)C(CC(=O)O)SC2=Nc2ccccc2)cc1. The number of hydrazine groups is 1. The number of para-hydroxylation sites is 1. The molecule has 27 heavy (non-hydrogen) atoms. The number of benzene rings is 2.